The van der Waals surface area contributed by atoms with Crippen molar-refractivity contribution in [1.82, 2.24) is 9.97 Å². The lowest BCUT2D eigenvalue weighted by atomic mass is 10.1. The van der Waals surface area contributed by atoms with Crippen LogP contribution in [-0.4, -0.2) is 34.1 Å². The Labute approximate surface area is 104 Å². The van der Waals surface area contributed by atoms with Gasteiger partial charge in [-0.25, -0.2) is 4.98 Å². The second-order valence-corrected chi connectivity index (χ2v) is 4.22. The van der Waals surface area contributed by atoms with Gasteiger partial charge in [0.25, 0.3) is 5.56 Å². The molecule has 1 aliphatic rings. The number of rotatable bonds is 2. The van der Waals surface area contributed by atoms with Gasteiger partial charge in [-0.05, 0) is 6.42 Å². The van der Waals surface area contributed by atoms with Crippen LogP contribution in [0, 0.1) is 5.92 Å². The van der Waals surface area contributed by atoms with Crippen molar-refractivity contribution in [1.29, 1.82) is 0 Å². The van der Waals surface area contributed by atoms with Crippen LogP contribution in [0.2, 0.25) is 0 Å². The molecule has 1 saturated heterocycles. The summed E-state index contributed by atoms with van der Waals surface area (Å²) in [6, 6.07) is 0.369. The lowest BCUT2D eigenvalue weighted by molar-refractivity contribution is -0.142. The van der Waals surface area contributed by atoms with E-state index in [9.17, 15) is 22.8 Å². The average Bonchev–Trinajstić information content (AvgIpc) is 2.76. The highest BCUT2D eigenvalue weighted by Crippen LogP contribution is 2.28. The number of carboxylic acids is 1. The quantitative estimate of drug-likeness (QED) is 0.831. The van der Waals surface area contributed by atoms with E-state index >= 15 is 0 Å². The lowest BCUT2D eigenvalue weighted by Gasteiger charge is -2.17. The van der Waals surface area contributed by atoms with Crippen LogP contribution in [0.3, 0.4) is 0 Å². The zero-order chi connectivity index (χ0) is 14.2. The minimum atomic E-state index is -4.71. The Morgan fingerprint density at radius 2 is 2.21 bits per heavy atom. The molecular formula is C10H10F3N3O3. The molecule has 0 unspecified atom stereocenters. The normalized spacial score (nSPS) is 19.7. The van der Waals surface area contributed by atoms with Gasteiger partial charge in [0.1, 0.15) is 0 Å². The SMILES string of the molecule is O=C(O)[C@@H]1CCN(c2nc(C(F)(F)F)cc(=O)[nH]2)C1. The highest BCUT2D eigenvalue weighted by atomic mass is 19.4. The van der Waals surface area contributed by atoms with Crippen LogP contribution in [0.5, 0.6) is 0 Å². The van der Waals surface area contributed by atoms with E-state index in [0.29, 0.717) is 12.5 Å². The topological polar surface area (TPSA) is 86.3 Å². The fraction of sp³-hybridized carbons (Fsp3) is 0.500. The molecule has 2 N–H and O–H groups in total. The van der Waals surface area contributed by atoms with Crippen LogP contribution in [0.25, 0.3) is 0 Å². The predicted molar refractivity (Wildman–Crippen MR) is 57.8 cm³/mol. The minimum Gasteiger partial charge on any atom is -0.481 e. The zero-order valence-corrected chi connectivity index (χ0v) is 9.57. The molecule has 0 radical (unpaired) electrons. The van der Waals surface area contributed by atoms with E-state index in [-0.39, 0.29) is 19.0 Å². The third kappa shape index (κ3) is 2.85. The van der Waals surface area contributed by atoms with Crippen LogP contribution in [0.1, 0.15) is 12.1 Å². The fourth-order valence-electron chi connectivity index (χ4n) is 1.89. The van der Waals surface area contributed by atoms with Crippen molar-refractivity contribution in [2.24, 2.45) is 5.92 Å². The number of aromatic nitrogens is 2. The van der Waals surface area contributed by atoms with Gasteiger partial charge in [-0.15, -0.1) is 0 Å². The van der Waals surface area contributed by atoms with Crippen molar-refractivity contribution in [3.8, 4) is 0 Å². The van der Waals surface area contributed by atoms with Gasteiger partial charge in [0.15, 0.2) is 5.69 Å². The maximum atomic E-state index is 12.5. The molecule has 1 aromatic heterocycles. The van der Waals surface area contributed by atoms with Gasteiger partial charge < -0.3 is 10.0 Å². The van der Waals surface area contributed by atoms with Crippen molar-refractivity contribution in [3.63, 3.8) is 0 Å². The summed E-state index contributed by atoms with van der Waals surface area (Å²) >= 11 is 0. The summed E-state index contributed by atoms with van der Waals surface area (Å²) in [5, 5.41) is 8.82. The summed E-state index contributed by atoms with van der Waals surface area (Å²) in [5.74, 6) is -1.93. The van der Waals surface area contributed by atoms with Crippen LogP contribution in [-0.2, 0) is 11.0 Å². The first-order valence-corrected chi connectivity index (χ1v) is 5.43. The highest BCUT2D eigenvalue weighted by molar-refractivity contribution is 5.71. The van der Waals surface area contributed by atoms with Gasteiger partial charge >= 0.3 is 12.1 Å². The van der Waals surface area contributed by atoms with Crippen molar-refractivity contribution in [3.05, 3.63) is 22.1 Å². The number of nitrogens with zero attached hydrogens (tertiary/aromatic N) is 2. The van der Waals surface area contributed by atoms with E-state index in [1.165, 1.54) is 4.90 Å². The summed E-state index contributed by atoms with van der Waals surface area (Å²) in [6.45, 7) is 0.265. The molecule has 2 rings (SSSR count). The average molecular weight is 277 g/mol. The summed E-state index contributed by atoms with van der Waals surface area (Å²) in [4.78, 5) is 28.8. The molecule has 1 aromatic rings. The Morgan fingerprint density at radius 3 is 2.74 bits per heavy atom. The van der Waals surface area contributed by atoms with Crippen molar-refractivity contribution in [2.45, 2.75) is 12.6 Å². The molecule has 0 amide bonds. The fourth-order valence-corrected chi connectivity index (χ4v) is 1.89. The van der Waals surface area contributed by atoms with E-state index in [1.807, 2.05) is 0 Å². The molecule has 104 valence electrons. The van der Waals surface area contributed by atoms with Gasteiger partial charge in [-0.2, -0.15) is 13.2 Å². The predicted octanol–water partition coefficient (Wildman–Crippen LogP) is 0.700. The molecule has 0 aliphatic carbocycles. The number of aromatic amines is 1. The summed E-state index contributed by atoms with van der Waals surface area (Å²) < 4.78 is 37.5. The molecule has 2 heterocycles. The van der Waals surface area contributed by atoms with E-state index in [2.05, 4.69) is 9.97 Å². The number of hydrogen-bond acceptors (Lipinski definition) is 4. The smallest absolute Gasteiger partial charge is 0.433 e. The maximum Gasteiger partial charge on any atom is 0.433 e. The zero-order valence-electron chi connectivity index (χ0n) is 9.57. The van der Waals surface area contributed by atoms with Crippen molar-refractivity contribution < 1.29 is 23.1 Å². The van der Waals surface area contributed by atoms with E-state index in [4.69, 9.17) is 5.11 Å². The van der Waals surface area contributed by atoms with Crippen molar-refractivity contribution >= 4 is 11.9 Å². The van der Waals surface area contributed by atoms with E-state index in [1.54, 1.807) is 0 Å². The molecule has 9 heteroatoms. The number of aliphatic carboxylic acids is 1. The second-order valence-electron chi connectivity index (χ2n) is 4.22. The number of halogens is 3. The first-order chi connectivity index (χ1) is 8.77. The lowest BCUT2D eigenvalue weighted by Crippen LogP contribution is -2.28. The summed E-state index contributed by atoms with van der Waals surface area (Å²) in [7, 11) is 0. The number of alkyl halides is 3. The molecule has 19 heavy (non-hydrogen) atoms. The van der Waals surface area contributed by atoms with Gasteiger partial charge in [-0.3, -0.25) is 14.6 Å². The second kappa shape index (κ2) is 4.56. The third-order valence-electron chi connectivity index (χ3n) is 2.86. The molecule has 0 saturated carbocycles. The number of hydrogen-bond donors (Lipinski definition) is 2. The largest absolute Gasteiger partial charge is 0.481 e. The molecule has 6 nitrogen and oxygen atoms in total. The van der Waals surface area contributed by atoms with Crippen LogP contribution < -0.4 is 10.5 Å². The number of carbonyl (C=O) groups is 1. The molecule has 0 bridgehead atoms. The Kier molecular flexibility index (Phi) is 3.21. The third-order valence-corrected chi connectivity index (χ3v) is 2.86. The molecule has 0 aromatic carbocycles. The number of carboxylic acid groups (broad SMARTS) is 1. The first-order valence-electron chi connectivity index (χ1n) is 5.43. The minimum absolute atomic E-state index is 0.0274. The molecule has 1 atom stereocenters. The molecule has 1 aliphatic heterocycles. The highest BCUT2D eigenvalue weighted by Gasteiger charge is 2.35. The van der Waals surface area contributed by atoms with Crippen LogP contribution >= 0.6 is 0 Å². The Hall–Kier alpha value is -2.06. The van der Waals surface area contributed by atoms with E-state index < -0.39 is 29.3 Å². The number of anilines is 1. The van der Waals surface area contributed by atoms with Crippen LogP contribution in [0.15, 0.2) is 10.9 Å². The van der Waals surface area contributed by atoms with Gasteiger partial charge in [0, 0.05) is 19.2 Å². The Bertz CT molecular complexity index is 555. The maximum absolute atomic E-state index is 12.5. The van der Waals surface area contributed by atoms with Crippen molar-refractivity contribution in [2.75, 3.05) is 18.0 Å². The Balaban J connectivity index is 2.29. The van der Waals surface area contributed by atoms with Gasteiger partial charge in [-0.1, -0.05) is 0 Å². The number of nitrogens with one attached hydrogen (secondary N) is 1. The van der Waals surface area contributed by atoms with Gasteiger partial charge in [0.2, 0.25) is 5.95 Å². The summed E-state index contributed by atoms with van der Waals surface area (Å²) in [5.41, 5.74) is -2.21. The molecule has 0 spiro atoms. The van der Waals surface area contributed by atoms with E-state index in [0.717, 1.165) is 0 Å². The molecule has 1 fully saturated rings. The summed E-state index contributed by atoms with van der Waals surface area (Å²) in [6.07, 6.45) is -4.41. The van der Waals surface area contributed by atoms with Crippen LogP contribution in [0.4, 0.5) is 19.1 Å². The van der Waals surface area contributed by atoms with Gasteiger partial charge in [0.05, 0.1) is 5.92 Å². The monoisotopic (exact) mass is 277 g/mol. The standard InChI is InChI=1S/C10H10F3N3O3/c11-10(12,13)6-3-7(17)15-9(14-6)16-2-1-5(4-16)8(18)19/h3,5H,1-2,4H2,(H,18,19)(H,14,15,17)/t5-/m1/s1. The first kappa shape index (κ1) is 13.4. The Morgan fingerprint density at radius 1 is 1.53 bits per heavy atom. The molecular weight excluding hydrogens is 267 g/mol. The number of H-pyrrole nitrogens is 1.